The molecule has 5 rings (SSSR count). The van der Waals surface area contributed by atoms with Crippen LogP contribution in [0.5, 0.6) is 0 Å². The van der Waals surface area contributed by atoms with Gasteiger partial charge in [0.15, 0.2) is 5.69 Å². The van der Waals surface area contributed by atoms with Crippen LogP contribution in [0.1, 0.15) is 80.5 Å². The number of carbonyl (C=O) groups is 2. The number of carbonyl (C=O) groups excluding carboxylic acids is 2. The predicted octanol–water partition coefficient (Wildman–Crippen LogP) is 5.19. The third-order valence-corrected chi connectivity index (χ3v) is 8.59. The number of hydrogen-bond donors (Lipinski definition) is 1. The van der Waals surface area contributed by atoms with Crippen molar-refractivity contribution in [3.8, 4) is 0 Å². The van der Waals surface area contributed by atoms with Crippen molar-refractivity contribution in [1.29, 1.82) is 0 Å². The summed E-state index contributed by atoms with van der Waals surface area (Å²) >= 11 is 1.52. The highest BCUT2D eigenvalue weighted by atomic mass is 32.1. The Labute approximate surface area is 223 Å². The molecule has 2 amide bonds. The zero-order chi connectivity index (χ0) is 27.0. The Kier molecular flexibility index (Phi) is 7.30. The number of nitrogens with one attached hydrogen (secondary N) is 1. The first kappa shape index (κ1) is 26.4. The van der Waals surface area contributed by atoms with Crippen LogP contribution in [0.15, 0.2) is 30.3 Å². The van der Waals surface area contributed by atoms with Gasteiger partial charge in [-0.2, -0.15) is 18.3 Å². The van der Waals surface area contributed by atoms with Crippen molar-refractivity contribution in [3.05, 3.63) is 68.4 Å². The fourth-order valence-corrected chi connectivity index (χ4v) is 6.43. The highest BCUT2D eigenvalue weighted by molar-refractivity contribution is 7.12. The molecule has 1 unspecified atom stereocenters. The summed E-state index contributed by atoms with van der Waals surface area (Å²) in [5.41, 5.74) is 2.22. The molecule has 1 aromatic carbocycles. The first-order valence-electron chi connectivity index (χ1n) is 12.9. The van der Waals surface area contributed by atoms with E-state index in [1.165, 1.54) is 29.4 Å². The number of rotatable bonds is 5. The van der Waals surface area contributed by atoms with Crippen LogP contribution in [0, 0.1) is 13.8 Å². The quantitative estimate of drug-likeness (QED) is 0.479. The van der Waals surface area contributed by atoms with Crippen LogP contribution < -0.4 is 5.32 Å². The van der Waals surface area contributed by atoms with E-state index < -0.39 is 11.9 Å². The number of fused-ring (bicyclic) bond motifs is 1. The van der Waals surface area contributed by atoms with Crippen molar-refractivity contribution in [2.45, 2.75) is 70.6 Å². The first-order chi connectivity index (χ1) is 18.1. The molecule has 3 aromatic rings. The van der Waals surface area contributed by atoms with Gasteiger partial charge in [0, 0.05) is 29.6 Å². The Morgan fingerprint density at radius 3 is 2.58 bits per heavy atom. The summed E-state index contributed by atoms with van der Waals surface area (Å²) < 4.78 is 39.9. The first-order valence-corrected chi connectivity index (χ1v) is 13.7. The highest BCUT2D eigenvalue weighted by Gasteiger charge is 2.35. The van der Waals surface area contributed by atoms with Crippen LogP contribution in [0.4, 0.5) is 13.2 Å². The van der Waals surface area contributed by atoms with Gasteiger partial charge in [-0.3, -0.25) is 14.3 Å². The van der Waals surface area contributed by atoms with Gasteiger partial charge in [-0.05, 0) is 63.1 Å². The van der Waals surface area contributed by atoms with E-state index in [4.69, 9.17) is 4.98 Å². The van der Waals surface area contributed by atoms with Gasteiger partial charge >= 0.3 is 6.18 Å². The molecule has 38 heavy (non-hydrogen) atoms. The second-order valence-electron chi connectivity index (χ2n) is 10.1. The number of benzene rings is 1. The average Bonchev–Trinajstić information content (AvgIpc) is 3.47. The zero-order valence-corrected chi connectivity index (χ0v) is 22.2. The molecule has 3 heterocycles. The number of aryl methyl sites for hydroxylation is 3. The summed E-state index contributed by atoms with van der Waals surface area (Å²) in [4.78, 5) is 33.2. The number of nitrogens with zero attached hydrogens (tertiary/aromatic N) is 4. The van der Waals surface area contributed by atoms with Gasteiger partial charge in [0.25, 0.3) is 5.91 Å². The summed E-state index contributed by atoms with van der Waals surface area (Å²) in [6, 6.07) is 9.16. The molecule has 0 spiro atoms. The van der Waals surface area contributed by atoms with Gasteiger partial charge in [0.1, 0.15) is 12.2 Å². The van der Waals surface area contributed by atoms with E-state index in [0.29, 0.717) is 37.3 Å². The number of piperidine rings is 1. The lowest BCUT2D eigenvalue weighted by atomic mass is 9.87. The molecule has 202 valence electrons. The van der Waals surface area contributed by atoms with Crippen molar-refractivity contribution in [3.63, 3.8) is 0 Å². The zero-order valence-electron chi connectivity index (χ0n) is 21.3. The van der Waals surface area contributed by atoms with Crippen molar-refractivity contribution in [1.82, 2.24) is 25.0 Å². The maximum Gasteiger partial charge on any atom is 0.435 e. The number of likely N-dealkylation sites (tertiary alicyclic amines) is 1. The van der Waals surface area contributed by atoms with E-state index in [2.05, 4.69) is 22.5 Å². The molecule has 1 fully saturated rings. The molecular weight excluding hydrogens is 515 g/mol. The maximum absolute atomic E-state index is 13.1. The Morgan fingerprint density at radius 2 is 1.87 bits per heavy atom. The highest BCUT2D eigenvalue weighted by Crippen LogP contribution is 2.34. The van der Waals surface area contributed by atoms with Crippen molar-refractivity contribution in [2.75, 3.05) is 13.1 Å². The van der Waals surface area contributed by atoms with Crippen LogP contribution in [0.2, 0.25) is 0 Å². The lowest BCUT2D eigenvalue weighted by Gasteiger charge is -2.31. The van der Waals surface area contributed by atoms with Gasteiger partial charge in [0.2, 0.25) is 5.91 Å². The summed E-state index contributed by atoms with van der Waals surface area (Å²) in [7, 11) is 0. The minimum Gasteiger partial charge on any atom is -0.344 e. The van der Waals surface area contributed by atoms with Gasteiger partial charge < -0.3 is 10.2 Å². The number of halogens is 3. The fraction of sp³-hybridized carbons (Fsp3) is 0.481. The van der Waals surface area contributed by atoms with Crippen LogP contribution >= 0.6 is 11.3 Å². The Morgan fingerprint density at radius 1 is 1.13 bits per heavy atom. The average molecular weight is 546 g/mol. The molecule has 2 aliphatic rings. The largest absolute Gasteiger partial charge is 0.435 e. The van der Waals surface area contributed by atoms with E-state index >= 15 is 0 Å². The Bertz CT molecular complexity index is 1340. The lowest BCUT2D eigenvalue weighted by Crippen LogP contribution is -2.40. The van der Waals surface area contributed by atoms with Crippen molar-refractivity contribution >= 4 is 23.2 Å². The summed E-state index contributed by atoms with van der Waals surface area (Å²) in [6.07, 6.45) is -0.214. The molecule has 0 radical (unpaired) electrons. The SMILES string of the molecule is Cc1sc(C2CCN(C(=O)Cn3nc(C(F)(F)F)cc3C)CC2)nc1C(=O)NC1CCCc2ccccc21. The van der Waals surface area contributed by atoms with Crippen LogP contribution in [-0.4, -0.2) is 44.6 Å². The van der Waals surface area contributed by atoms with Gasteiger partial charge in [-0.1, -0.05) is 24.3 Å². The fourth-order valence-electron chi connectivity index (χ4n) is 5.35. The number of thiazole rings is 1. The molecule has 1 aliphatic carbocycles. The second-order valence-corrected chi connectivity index (χ2v) is 11.3. The van der Waals surface area contributed by atoms with Gasteiger partial charge in [0.05, 0.1) is 11.0 Å². The Balaban J connectivity index is 1.19. The number of alkyl halides is 3. The molecule has 0 saturated carbocycles. The van der Waals surface area contributed by atoms with Gasteiger partial charge in [-0.15, -0.1) is 11.3 Å². The van der Waals surface area contributed by atoms with Crippen molar-refractivity contribution < 1.29 is 22.8 Å². The Hall–Kier alpha value is -3.21. The molecule has 7 nitrogen and oxygen atoms in total. The van der Waals surface area contributed by atoms with Gasteiger partial charge in [-0.25, -0.2) is 4.98 Å². The summed E-state index contributed by atoms with van der Waals surface area (Å²) in [5.74, 6) is -0.290. The van der Waals surface area contributed by atoms with E-state index in [0.717, 1.165) is 39.9 Å². The molecule has 1 aliphatic heterocycles. The maximum atomic E-state index is 13.1. The molecule has 11 heteroatoms. The van der Waals surface area contributed by atoms with E-state index in [9.17, 15) is 22.8 Å². The van der Waals surface area contributed by atoms with E-state index in [-0.39, 0.29) is 30.3 Å². The second kappa shape index (κ2) is 10.5. The number of hydrogen-bond acceptors (Lipinski definition) is 5. The summed E-state index contributed by atoms with van der Waals surface area (Å²) in [6.45, 7) is 4.15. The third kappa shape index (κ3) is 5.48. The summed E-state index contributed by atoms with van der Waals surface area (Å²) in [5, 5.41) is 7.63. The monoisotopic (exact) mass is 545 g/mol. The van der Waals surface area contributed by atoms with E-state index in [1.807, 2.05) is 19.1 Å². The van der Waals surface area contributed by atoms with Crippen molar-refractivity contribution in [2.24, 2.45) is 0 Å². The smallest absolute Gasteiger partial charge is 0.344 e. The van der Waals surface area contributed by atoms with E-state index in [1.54, 1.807) is 4.90 Å². The van der Waals surface area contributed by atoms with Crippen LogP contribution in [-0.2, 0) is 23.9 Å². The van der Waals surface area contributed by atoms with Crippen LogP contribution in [0.25, 0.3) is 0 Å². The normalized spacial score (nSPS) is 18.3. The molecule has 1 N–H and O–H groups in total. The standard InChI is InChI=1S/C27H30F3N5O2S/c1-16-14-22(27(28,29)30)33-35(16)15-23(36)34-12-10-19(11-13-34)26-32-24(17(2)38-26)25(37)31-21-9-5-7-18-6-3-4-8-20(18)21/h3-4,6,8,14,19,21H,5,7,9-13,15H2,1-2H3,(H,31,37). The van der Waals surface area contributed by atoms with Crippen LogP contribution in [0.3, 0.4) is 0 Å². The number of aromatic nitrogens is 3. The third-order valence-electron chi connectivity index (χ3n) is 7.46. The predicted molar refractivity (Wildman–Crippen MR) is 137 cm³/mol. The minimum atomic E-state index is -4.54. The topological polar surface area (TPSA) is 80.1 Å². The molecule has 1 atom stereocenters. The number of amides is 2. The minimum absolute atomic E-state index is 0.0168. The molecule has 1 saturated heterocycles. The molecule has 2 aromatic heterocycles. The molecular formula is C27H30F3N5O2S. The molecule has 0 bridgehead atoms. The lowest BCUT2D eigenvalue weighted by molar-refractivity contribution is -0.142.